The second-order valence-electron chi connectivity index (χ2n) is 7.61. The molecular formula is C24H21N5O3. The van der Waals surface area contributed by atoms with Gasteiger partial charge < -0.3 is 14.6 Å². The Balaban J connectivity index is 1.54. The molecule has 8 nitrogen and oxygen atoms in total. The van der Waals surface area contributed by atoms with Crippen molar-refractivity contribution in [1.29, 1.82) is 0 Å². The average Bonchev–Trinajstić information content (AvgIpc) is 3.33. The van der Waals surface area contributed by atoms with E-state index in [1.807, 2.05) is 30.3 Å². The Morgan fingerprint density at radius 2 is 1.97 bits per heavy atom. The van der Waals surface area contributed by atoms with Crippen molar-refractivity contribution in [1.82, 2.24) is 24.8 Å². The van der Waals surface area contributed by atoms with E-state index >= 15 is 0 Å². The molecule has 32 heavy (non-hydrogen) atoms. The van der Waals surface area contributed by atoms with Crippen LogP contribution in [0.3, 0.4) is 0 Å². The van der Waals surface area contributed by atoms with Crippen LogP contribution < -0.4 is 10.3 Å². The molecule has 1 fully saturated rings. The van der Waals surface area contributed by atoms with Gasteiger partial charge in [-0.1, -0.05) is 12.1 Å². The lowest BCUT2D eigenvalue weighted by molar-refractivity contribution is 0.0731. The quantitative estimate of drug-likeness (QED) is 0.536. The maximum atomic E-state index is 13.5. The Kier molecular flexibility index (Phi) is 5.10. The highest BCUT2D eigenvalue weighted by Gasteiger charge is 2.33. The second kappa shape index (κ2) is 8.22. The van der Waals surface area contributed by atoms with Gasteiger partial charge in [-0.2, -0.15) is 0 Å². The van der Waals surface area contributed by atoms with E-state index in [0.717, 1.165) is 17.3 Å². The van der Waals surface area contributed by atoms with Crippen LogP contribution in [0.4, 0.5) is 0 Å². The molecule has 0 aliphatic carbocycles. The standard InChI is InChI=1S/C24H21N5O3/c1-32-23-17(8-4-12-26-23)19-14-21(30)28-22(27-19)20-10-5-13-29(20)24(31)16-6-2-9-18-15(16)7-3-11-25-18/h2-4,6-9,11-12,14,20H,5,10,13H2,1H3,(H,27,28,30)/t20-/m0/s1. The van der Waals surface area contributed by atoms with Crippen LogP contribution in [0.25, 0.3) is 22.2 Å². The molecule has 3 aromatic heterocycles. The molecule has 0 unspecified atom stereocenters. The molecule has 0 bridgehead atoms. The largest absolute Gasteiger partial charge is 0.481 e. The summed E-state index contributed by atoms with van der Waals surface area (Å²) in [7, 11) is 1.52. The van der Waals surface area contributed by atoms with E-state index in [4.69, 9.17) is 9.72 Å². The lowest BCUT2D eigenvalue weighted by atomic mass is 10.1. The normalized spacial score (nSPS) is 15.8. The molecule has 160 valence electrons. The number of fused-ring (bicyclic) bond motifs is 1. The number of rotatable bonds is 4. The minimum absolute atomic E-state index is 0.0990. The minimum Gasteiger partial charge on any atom is -0.481 e. The van der Waals surface area contributed by atoms with Gasteiger partial charge in [0.1, 0.15) is 5.82 Å². The summed E-state index contributed by atoms with van der Waals surface area (Å²) in [6.07, 6.45) is 4.86. The molecule has 0 radical (unpaired) electrons. The number of hydrogen-bond donors (Lipinski definition) is 1. The van der Waals surface area contributed by atoms with E-state index in [-0.39, 0.29) is 17.5 Å². The highest BCUT2D eigenvalue weighted by molar-refractivity contribution is 6.06. The first-order chi connectivity index (χ1) is 15.7. The lowest BCUT2D eigenvalue weighted by Gasteiger charge is -2.25. The number of aromatic nitrogens is 4. The van der Waals surface area contributed by atoms with Gasteiger partial charge in [-0.05, 0) is 43.2 Å². The van der Waals surface area contributed by atoms with Crippen LogP contribution in [0.15, 0.2) is 65.7 Å². The molecule has 1 atom stereocenters. The van der Waals surface area contributed by atoms with Crippen molar-refractivity contribution in [2.75, 3.05) is 13.7 Å². The lowest BCUT2D eigenvalue weighted by Crippen LogP contribution is -2.32. The molecule has 0 spiro atoms. The molecule has 4 aromatic rings. The van der Waals surface area contributed by atoms with Gasteiger partial charge in [-0.15, -0.1) is 0 Å². The monoisotopic (exact) mass is 427 g/mol. The molecule has 1 aliphatic rings. The predicted octanol–water partition coefficient (Wildman–Crippen LogP) is 3.37. The molecule has 5 rings (SSSR count). The summed E-state index contributed by atoms with van der Waals surface area (Å²) in [5, 5.41) is 0.806. The van der Waals surface area contributed by atoms with Gasteiger partial charge in [0, 0.05) is 36.0 Å². The van der Waals surface area contributed by atoms with Crippen LogP contribution in [0, 0.1) is 0 Å². The zero-order chi connectivity index (χ0) is 22.1. The first kappa shape index (κ1) is 19.9. The summed E-state index contributed by atoms with van der Waals surface area (Å²) >= 11 is 0. The molecule has 1 aliphatic heterocycles. The summed E-state index contributed by atoms with van der Waals surface area (Å²) in [4.78, 5) is 43.9. The van der Waals surface area contributed by atoms with Crippen LogP contribution in [-0.2, 0) is 0 Å². The predicted molar refractivity (Wildman–Crippen MR) is 119 cm³/mol. The number of benzene rings is 1. The van der Waals surface area contributed by atoms with Crippen molar-refractivity contribution in [2.45, 2.75) is 18.9 Å². The molecule has 1 amide bonds. The fourth-order valence-corrected chi connectivity index (χ4v) is 4.26. The first-order valence-electron chi connectivity index (χ1n) is 10.4. The SMILES string of the molecule is COc1ncccc1-c1cc(=O)[nH]c([C@@H]2CCCN2C(=O)c2cccc3ncccc23)n1. The number of ether oxygens (including phenoxy) is 1. The van der Waals surface area contributed by atoms with E-state index in [1.54, 1.807) is 29.4 Å². The maximum absolute atomic E-state index is 13.5. The first-order valence-corrected chi connectivity index (χ1v) is 10.4. The number of aromatic amines is 1. The van der Waals surface area contributed by atoms with Crippen molar-refractivity contribution in [2.24, 2.45) is 0 Å². The van der Waals surface area contributed by atoms with Gasteiger partial charge in [0.2, 0.25) is 5.88 Å². The third kappa shape index (κ3) is 3.49. The molecule has 1 saturated heterocycles. The summed E-state index contributed by atoms with van der Waals surface area (Å²) in [5.41, 5.74) is 2.16. The number of hydrogen-bond acceptors (Lipinski definition) is 6. The Bertz CT molecular complexity index is 1360. The number of carbonyl (C=O) groups excluding carboxylic acids is 1. The zero-order valence-corrected chi connectivity index (χ0v) is 17.5. The molecule has 1 N–H and O–H groups in total. The maximum Gasteiger partial charge on any atom is 0.255 e. The van der Waals surface area contributed by atoms with E-state index in [2.05, 4.69) is 15.0 Å². The van der Waals surface area contributed by atoms with Gasteiger partial charge in [-0.25, -0.2) is 9.97 Å². The summed E-state index contributed by atoms with van der Waals surface area (Å²) in [6, 6.07) is 13.9. The molecule has 8 heteroatoms. The summed E-state index contributed by atoms with van der Waals surface area (Å²) < 4.78 is 5.33. The van der Waals surface area contributed by atoms with Gasteiger partial charge in [0.05, 0.1) is 29.9 Å². The van der Waals surface area contributed by atoms with Gasteiger partial charge >= 0.3 is 0 Å². The summed E-state index contributed by atoms with van der Waals surface area (Å²) in [6.45, 7) is 0.588. The van der Waals surface area contributed by atoms with E-state index in [0.29, 0.717) is 41.5 Å². The number of amides is 1. The van der Waals surface area contributed by atoms with Gasteiger partial charge in [0.15, 0.2) is 0 Å². The molecular weight excluding hydrogens is 406 g/mol. The number of pyridine rings is 2. The van der Waals surface area contributed by atoms with Crippen LogP contribution in [0.2, 0.25) is 0 Å². The zero-order valence-electron chi connectivity index (χ0n) is 17.5. The number of H-pyrrole nitrogens is 1. The molecule has 4 heterocycles. The third-order valence-corrected chi connectivity index (χ3v) is 5.71. The molecule has 0 saturated carbocycles. The third-order valence-electron chi connectivity index (χ3n) is 5.71. The second-order valence-corrected chi connectivity index (χ2v) is 7.61. The highest BCUT2D eigenvalue weighted by atomic mass is 16.5. The van der Waals surface area contributed by atoms with E-state index in [1.165, 1.54) is 13.2 Å². The highest BCUT2D eigenvalue weighted by Crippen LogP contribution is 2.33. The fraction of sp³-hybridized carbons (Fsp3) is 0.208. The summed E-state index contributed by atoms with van der Waals surface area (Å²) in [5.74, 6) is 0.750. The number of likely N-dealkylation sites (tertiary alicyclic amines) is 1. The van der Waals surface area contributed by atoms with Crippen LogP contribution >= 0.6 is 0 Å². The van der Waals surface area contributed by atoms with Gasteiger partial charge in [0.25, 0.3) is 11.5 Å². The Morgan fingerprint density at radius 1 is 1.12 bits per heavy atom. The smallest absolute Gasteiger partial charge is 0.255 e. The van der Waals surface area contributed by atoms with Crippen LogP contribution in [-0.4, -0.2) is 44.4 Å². The Hall–Kier alpha value is -4.07. The van der Waals surface area contributed by atoms with E-state index < -0.39 is 0 Å². The van der Waals surface area contributed by atoms with Crippen LogP contribution in [0.5, 0.6) is 5.88 Å². The Labute approximate surface area is 183 Å². The van der Waals surface area contributed by atoms with Crippen molar-refractivity contribution < 1.29 is 9.53 Å². The van der Waals surface area contributed by atoms with E-state index in [9.17, 15) is 9.59 Å². The number of nitrogens with zero attached hydrogens (tertiary/aromatic N) is 4. The number of carbonyl (C=O) groups is 1. The topological polar surface area (TPSA) is 101 Å². The average molecular weight is 427 g/mol. The van der Waals surface area contributed by atoms with Crippen molar-refractivity contribution in [3.8, 4) is 17.1 Å². The van der Waals surface area contributed by atoms with Gasteiger partial charge in [-0.3, -0.25) is 14.6 Å². The number of methoxy groups -OCH3 is 1. The van der Waals surface area contributed by atoms with Crippen molar-refractivity contribution >= 4 is 16.8 Å². The van der Waals surface area contributed by atoms with Crippen molar-refractivity contribution in [3.63, 3.8) is 0 Å². The molecule has 1 aromatic carbocycles. The number of nitrogens with one attached hydrogen (secondary N) is 1. The van der Waals surface area contributed by atoms with Crippen molar-refractivity contribution in [3.05, 3.63) is 82.7 Å². The fourth-order valence-electron chi connectivity index (χ4n) is 4.26. The van der Waals surface area contributed by atoms with Crippen LogP contribution in [0.1, 0.15) is 35.1 Å². The minimum atomic E-state index is -0.329. The Morgan fingerprint density at radius 3 is 2.84 bits per heavy atom.